The Labute approximate surface area is 67.8 Å². The van der Waals surface area contributed by atoms with Gasteiger partial charge in [0.25, 0.3) is 0 Å². The van der Waals surface area contributed by atoms with Crippen LogP contribution < -0.4 is 4.74 Å². The third kappa shape index (κ3) is 2.37. The predicted molar refractivity (Wildman–Crippen MR) is 43.2 cm³/mol. The van der Waals surface area contributed by atoms with Crippen molar-refractivity contribution >= 4 is 0 Å². The monoisotopic (exact) mass is 154 g/mol. The average molecular weight is 154 g/mol. The van der Waals surface area contributed by atoms with E-state index >= 15 is 0 Å². The van der Waals surface area contributed by atoms with Crippen molar-refractivity contribution in [2.24, 2.45) is 0 Å². The van der Waals surface area contributed by atoms with Crippen molar-refractivity contribution in [3.8, 4) is 0 Å². The Hall–Kier alpha value is -0.790. The van der Waals surface area contributed by atoms with Gasteiger partial charge >= 0.3 is 0 Å². The van der Waals surface area contributed by atoms with Crippen molar-refractivity contribution in [2.45, 2.75) is 39.7 Å². The molecular weight excluding hydrogens is 138 g/mol. The first-order chi connectivity index (χ1) is 5.34. The van der Waals surface area contributed by atoms with E-state index in [0.29, 0.717) is 0 Å². The van der Waals surface area contributed by atoms with Gasteiger partial charge in [-0.3, -0.25) is 0 Å². The molecule has 2 nitrogen and oxygen atoms in total. The minimum absolute atomic E-state index is 1.02. The van der Waals surface area contributed by atoms with Crippen LogP contribution in [0.15, 0.2) is 16.9 Å². The van der Waals surface area contributed by atoms with Gasteiger partial charge < -0.3 is 0 Å². The maximum absolute atomic E-state index is 5.23. The van der Waals surface area contributed by atoms with Crippen LogP contribution in [0.25, 0.3) is 0 Å². The van der Waals surface area contributed by atoms with Crippen LogP contribution in [0.4, 0.5) is 0 Å². The summed E-state index contributed by atoms with van der Waals surface area (Å²) in [6.07, 6.45) is 5.50. The van der Waals surface area contributed by atoms with Crippen LogP contribution in [0, 0.1) is 6.92 Å². The maximum Gasteiger partial charge on any atom is 0.228 e. The van der Waals surface area contributed by atoms with Gasteiger partial charge in [-0.2, -0.15) is 0 Å². The van der Waals surface area contributed by atoms with Gasteiger partial charge in [-0.05, 0) is 11.2 Å². The molecule has 0 radical (unpaired) electrons. The molecule has 0 bridgehead atoms. The van der Waals surface area contributed by atoms with E-state index in [2.05, 4.69) is 13.8 Å². The molecule has 62 valence electrons. The summed E-state index contributed by atoms with van der Waals surface area (Å²) < 4.78 is 7.17. The standard InChI is InChI=1S/C9H16NO/c1-3-4-5-7-10-9(2)6-8-11-10/h6,8H,3-5,7H2,1-2H3/q+1. The molecule has 0 saturated heterocycles. The van der Waals surface area contributed by atoms with Crippen molar-refractivity contribution in [2.75, 3.05) is 0 Å². The van der Waals surface area contributed by atoms with Gasteiger partial charge in [0, 0.05) is 13.3 Å². The zero-order valence-corrected chi connectivity index (χ0v) is 7.34. The summed E-state index contributed by atoms with van der Waals surface area (Å²) in [6, 6.07) is 1.99. The fraction of sp³-hybridized carbons (Fsp3) is 0.667. The number of unbranched alkanes of at least 4 members (excludes halogenated alkanes) is 2. The molecule has 0 atom stereocenters. The Kier molecular flexibility index (Phi) is 3.14. The summed E-state index contributed by atoms with van der Waals surface area (Å²) in [5.74, 6) is 0. The van der Waals surface area contributed by atoms with Crippen molar-refractivity contribution in [1.29, 1.82) is 0 Å². The Bertz CT molecular complexity index is 205. The fourth-order valence-electron chi connectivity index (χ4n) is 1.10. The number of aromatic nitrogens is 1. The highest BCUT2D eigenvalue weighted by Gasteiger charge is 2.07. The molecule has 0 saturated carbocycles. The molecule has 0 spiro atoms. The van der Waals surface area contributed by atoms with Gasteiger partial charge in [-0.25, -0.2) is 4.52 Å². The highest BCUT2D eigenvalue weighted by atomic mass is 16.5. The molecule has 0 aliphatic heterocycles. The topological polar surface area (TPSA) is 17.0 Å². The second-order valence-electron chi connectivity index (χ2n) is 2.86. The SMILES string of the molecule is CCCCC[n+]1occc1C. The molecular formula is C9H16NO+. The first-order valence-electron chi connectivity index (χ1n) is 4.29. The van der Waals surface area contributed by atoms with Crippen LogP contribution in [-0.2, 0) is 6.54 Å². The van der Waals surface area contributed by atoms with Crippen LogP contribution in [0.5, 0.6) is 0 Å². The highest BCUT2D eigenvalue weighted by molar-refractivity contribution is 4.83. The third-order valence-corrected chi connectivity index (χ3v) is 1.86. The number of nitrogens with zero attached hydrogens (tertiary/aromatic N) is 1. The summed E-state index contributed by atoms with van der Waals surface area (Å²) in [7, 11) is 0. The summed E-state index contributed by atoms with van der Waals surface area (Å²) >= 11 is 0. The minimum Gasteiger partial charge on any atom is -0.245 e. The predicted octanol–water partition coefficient (Wildman–Crippen LogP) is 2.07. The van der Waals surface area contributed by atoms with Crippen LogP contribution in [0.3, 0.4) is 0 Å². The van der Waals surface area contributed by atoms with Gasteiger partial charge in [-0.1, -0.05) is 13.3 Å². The van der Waals surface area contributed by atoms with Crippen molar-refractivity contribution in [3.05, 3.63) is 18.0 Å². The molecule has 1 aromatic rings. The number of rotatable bonds is 4. The molecule has 11 heavy (non-hydrogen) atoms. The molecule has 0 amide bonds. The molecule has 0 unspecified atom stereocenters. The lowest BCUT2D eigenvalue weighted by molar-refractivity contribution is -0.868. The van der Waals surface area contributed by atoms with Crippen LogP contribution >= 0.6 is 0 Å². The number of hydrogen-bond acceptors (Lipinski definition) is 1. The molecule has 1 aromatic heterocycles. The zero-order chi connectivity index (χ0) is 8.10. The van der Waals surface area contributed by atoms with Crippen molar-refractivity contribution < 1.29 is 9.26 Å². The number of hydrogen-bond donors (Lipinski definition) is 0. The van der Waals surface area contributed by atoms with E-state index < -0.39 is 0 Å². The number of aryl methyl sites for hydroxylation is 2. The molecule has 0 aliphatic carbocycles. The summed E-state index contributed by atoms with van der Waals surface area (Å²) in [5.41, 5.74) is 1.21. The van der Waals surface area contributed by atoms with Crippen molar-refractivity contribution in [1.82, 2.24) is 0 Å². The molecule has 1 rings (SSSR count). The zero-order valence-electron chi connectivity index (χ0n) is 7.34. The molecule has 0 aromatic carbocycles. The Morgan fingerprint density at radius 2 is 2.27 bits per heavy atom. The van der Waals surface area contributed by atoms with Gasteiger partial charge in [0.1, 0.15) is 0 Å². The molecule has 2 heteroatoms. The van der Waals surface area contributed by atoms with Gasteiger partial charge in [0.05, 0.1) is 6.07 Å². The Morgan fingerprint density at radius 3 is 2.82 bits per heavy atom. The molecule has 0 aliphatic rings. The van der Waals surface area contributed by atoms with E-state index in [4.69, 9.17) is 4.52 Å². The van der Waals surface area contributed by atoms with E-state index in [9.17, 15) is 0 Å². The normalized spacial score (nSPS) is 10.4. The first-order valence-corrected chi connectivity index (χ1v) is 4.29. The van der Waals surface area contributed by atoms with Crippen LogP contribution in [-0.4, -0.2) is 0 Å². The van der Waals surface area contributed by atoms with Crippen LogP contribution in [0.1, 0.15) is 31.9 Å². The second kappa shape index (κ2) is 4.16. The summed E-state index contributed by atoms with van der Waals surface area (Å²) in [6.45, 7) is 5.29. The van der Waals surface area contributed by atoms with E-state index in [0.717, 1.165) is 6.54 Å². The average Bonchev–Trinajstić information content (AvgIpc) is 2.37. The molecule has 1 heterocycles. The largest absolute Gasteiger partial charge is 0.245 e. The molecule has 0 fully saturated rings. The van der Waals surface area contributed by atoms with E-state index in [1.165, 1.54) is 25.0 Å². The Balaban J connectivity index is 2.32. The van der Waals surface area contributed by atoms with Gasteiger partial charge in [-0.15, -0.1) is 0 Å². The fourth-order valence-corrected chi connectivity index (χ4v) is 1.10. The second-order valence-corrected chi connectivity index (χ2v) is 2.86. The Morgan fingerprint density at radius 1 is 1.45 bits per heavy atom. The highest BCUT2D eigenvalue weighted by Crippen LogP contribution is 1.95. The van der Waals surface area contributed by atoms with E-state index in [1.54, 1.807) is 6.26 Å². The minimum atomic E-state index is 1.02. The third-order valence-electron chi connectivity index (χ3n) is 1.86. The summed E-state index contributed by atoms with van der Waals surface area (Å²) in [4.78, 5) is 0. The van der Waals surface area contributed by atoms with Crippen molar-refractivity contribution in [3.63, 3.8) is 0 Å². The van der Waals surface area contributed by atoms with E-state index in [-0.39, 0.29) is 0 Å². The quantitative estimate of drug-likeness (QED) is 0.479. The lowest BCUT2D eigenvalue weighted by atomic mass is 10.2. The van der Waals surface area contributed by atoms with Gasteiger partial charge in [0.15, 0.2) is 12.8 Å². The maximum atomic E-state index is 5.23. The first kappa shape index (κ1) is 8.31. The van der Waals surface area contributed by atoms with Gasteiger partial charge in [0.2, 0.25) is 5.69 Å². The summed E-state index contributed by atoms with van der Waals surface area (Å²) in [5, 5.41) is 0. The van der Waals surface area contributed by atoms with Crippen LogP contribution in [0.2, 0.25) is 0 Å². The molecule has 0 N–H and O–H groups in total. The lowest BCUT2D eigenvalue weighted by Crippen LogP contribution is -2.33. The lowest BCUT2D eigenvalue weighted by Gasteiger charge is -1.90. The van der Waals surface area contributed by atoms with E-state index in [1.807, 2.05) is 10.8 Å². The smallest absolute Gasteiger partial charge is 0.228 e.